The van der Waals surface area contributed by atoms with E-state index in [2.05, 4.69) is 26.0 Å². The second-order valence-corrected chi connectivity index (χ2v) is 8.49. The zero-order valence-corrected chi connectivity index (χ0v) is 19.5. The maximum atomic E-state index is 13.6. The number of hydrazone groups is 1. The largest absolute Gasteiger partial charge is 0.493 e. The van der Waals surface area contributed by atoms with Crippen LogP contribution in [0.15, 0.2) is 70.2 Å². The number of thiazole rings is 1. The van der Waals surface area contributed by atoms with Crippen molar-refractivity contribution in [1.29, 1.82) is 0 Å². The number of halogens is 2. The van der Waals surface area contributed by atoms with Crippen molar-refractivity contribution in [2.75, 3.05) is 19.2 Å². The molecule has 1 aromatic heterocycles. The van der Waals surface area contributed by atoms with Crippen LogP contribution in [0.3, 0.4) is 0 Å². The summed E-state index contributed by atoms with van der Waals surface area (Å²) in [7, 11) is 2.97. The number of fused-ring (bicyclic) bond motifs is 1. The highest BCUT2D eigenvalue weighted by atomic mass is 79.9. The zero-order valence-electron chi connectivity index (χ0n) is 17.1. The van der Waals surface area contributed by atoms with Crippen LogP contribution in [-0.2, 0) is 0 Å². The summed E-state index contributed by atoms with van der Waals surface area (Å²) in [5.41, 5.74) is 1.63. The number of aromatic nitrogens is 1. The van der Waals surface area contributed by atoms with Crippen LogP contribution in [0.4, 0.5) is 9.52 Å². The summed E-state index contributed by atoms with van der Waals surface area (Å²) in [4.78, 5) is 18.2. The number of rotatable bonds is 6. The highest BCUT2D eigenvalue weighted by Gasteiger charge is 2.25. The summed E-state index contributed by atoms with van der Waals surface area (Å²) in [6, 6.07) is 16.5. The molecule has 0 N–H and O–H groups in total. The van der Waals surface area contributed by atoms with Gasteiger partial charge in [-0.05, 0) is 48.0 Å². The molecule has 162 valence electrons. The van der Waals surface area contributed by atoms with Crippen molar-refractivity contribution in [1.82, 2.24) is 4.98 Å². The molecule has 0 radical (unpaired) electrons. The van der Waals surface area contributed by atoms with E-state index in [1.54, 1.807) is 30.3 Å². The van der Waals surface area contributed by atoms with E-state index in [0.717, 1.165) is 14.7 Å². The molecule has 6 nitrogen and oxygen atoms in total. The van der Waals surface area contributed by atoms with Crippen molar-refractivity contribution in [3.63, 3.8) is 0 Å². The van der Waals surface area contributed by atoms with Crippen LogP contribution in [0.5, 0.6) is 11.5 Å². The average Bonchev–Trinajstić information content (AvgIpc) is 3.22. The van der Waals surface area contributed by atoms with Gasteiger partial charge < -0.3 is 9.47 Å². The smallest absolute Gasteiger partial charge is 0.284 e. The van der Waals surface area contributed by atoms with E-state index in [4.69, 9.17) is 9.47 Å². The first kappa shape index (κ1) is 21.9. The third kappa shape index (κ3) is 4.49. The van der Waals surface area contributed by atoms with Gasteiger partial charge in [0.15, 0.2) is 11.5 Å². The molecule has 4 rings (SSSR count). The van der Waals surface area contributed by atoms with Crippen molar-refractivity contribution in [3.05, 3.63) is 82.1 Å². The van der Waals surface area contributed by atoms with Crippen LogP contribution >= 0.6 is 27.3 Å². The maximum Gasteiger partial charge on any atom is 0.284 e. The minimum absolute atomic E-state index is 0.267. The molecule has 32 heavy (non-hydrogen) atoms. The quantitative estimate of drug-likeness (QED) is 0.238. The predicted molar refractivity (Wildman–Crippen MR) is 128 cm³/mol. The summed E-state index contributed by atoms with van der Waals surface area (Å²) < 4.78 is 25.8. The molecule has 0 bridgehead atoms. The number of carbonyl (C=O) groups is 1. The van der Waals surface area contributed by atoms with E-state index in [1.165, 1.54) is 48.9 Å². The molecule has 0 unspecified atom stereocenters. The molecule has 0 aliphatic heterocycles. The lowest BCUT2D eigenvalue weighted by Gasteiger charge is -2.17. The minimum atomic E-state index is -0.447. The van der Waals surface area contributed by atoms with Gasteiger partial charge in [0.05, 0.1) is 36.2 Å². The van der Waals surface area contributed by atoms with Gasteiger partial charge in [-0.1, -0.05) is 45.5 Å². The standard InChI is InChI=1S/C23H17BrFN3O3S/c1-30-19-5-3-4-17(21(19)31-2)22(29)28(26-13-14-6-9-16(25)10-7-14)23-27-18-11-8-15(24)12-20(18)32-23/h3-13H,1-2H3/b26-13+. The van der Waals surface area contributed by atoms with E-state index >= 15 is 0 Å². The molecule has 0 spiro atoms. The van der Waals surface area contributed by atoms with E-state index in [1.807, 2.05) is 18.2 Å². The highest BCUT2D eigenvalue weighted by Crippen LogP contribution is 2.35. The Morgan fingerprint density at radius 3 is 2.62 bits per heavy atom. The van der Waals surface area contributed by atoms with Gasteiger partial charge in [0.2, 0.25) is 5.13 Å². The molecular formula is C23H17BrFN3O3S. The van der Waals surface area contributed by atoms with Gasteiger partial charge in [-0.15, -0.1) is 0 Å². The van der Waals surface area contributed by atoms with Crippen molar-refractivity contribution in [3.8, 4) is 11.5 Å². The predicted octanol–water partition coefficient (Wildman–Crippen LogP) is 5.90. The SMILES string of the molecule is COc1cccc(C(=O)N(/N=C/c2ccc(F)cc2)c2nc3ccc(Br)cc3s2)c1OC. The van der Waals surface area contributed by atoms with Crippen molar-refractivity contribution < 1.29 is 18.7 Å². The topological polar surface area (TPSA) is 64.0 Å². The summed E-state index contributed by atoms with van der Waals surface area (Å²) in [5, 5.41) is 5.98. The molecular weight excluding hydrogens is 497 g/mol. The molecule has 0 saturated carbocycles. The second kappa shape index (κ2) is 9.46. The Labute approximate surface area is 196 Å². The number of anilines is 1. The number of methoxy groups -OCH3 is 2. The van der Waals surface area contributed by atoms with Gasteiger partial charge in [-0.2, -0.15) is 10.1 Å². The maximum absolute atomic E-state index is 13.6. The molecule has 4 aromatic rings. The van der Waals surface area contributed by atoms with Crippen molar-refractivity contribution >= 4 is 54.7 Å². The number of carbonyl (C=O) groups excluding carboxylic acids is 1. The van der Waals surface area contributed by atoms with Crippen LogP contribution < -0.4 is 14.5 Å². The van der Waals surface area contributed by atoms with Gasteiger partial charge in [0.25, 0.3) is 5.91 Å². The fraction of sp³-hybridized carbons (Fsp3) is 0.0870. The van der Waals surface area contributed by atoms with Gasteiger partial charge in [-0.3, -0.25) is 4.79 Å². The van der Waals surface area contributed by atoms with Crippen LogP contribution in [0.1, 0.15) is 15.9 Å². The van der Waals surface area contributed by atoms with Crippen molar-refractivity contribution in [2.45, 2.75) is 0 Å². The van der Waals surface area contributed by atoms with E-state index in [9.17, 15) is 9.18 Å². The first-order chi connectivity index (χ1) is 15.5. The Hall–Kier alpha value is -3.30. The Morgan fingerprint density at radius 1 is 1.12 bits per heavy atom. The Bertz CT molecular complexity index is 1310. The normalized spacial score (nSPS) is 11.1. The number of benzene rings is 3. The first-order valence-electron chi connectivity index (χ1n) is 9.41. The third-order valence-corrected chi connectivity index (χ3v) is 6.03. The summed E-state index contributed by atoms with van der Waals surface area (Å²) in [6.07, 6.45) is 1.48. The van der Waals surface area contributed by atoms with Crippen molar-refractivity contribution in [2.24, 2.45) is 5.10 Å². The Kier molecular flexibility index (Phi) is 6.48. The Morgan fingerprint density at radius 2 is 1.91 bits per heavy atom. The molecule has 1 heterocycles. The molecule has 0 saturated heterocycles. The molecule has 9 heteroatoms. The highest BCUT2D eigenvalue weighted by molar-refractivity contribution is 9.10. The lowest BCUT2D eigenvalue weighted by molar-refractivity contribution is 0.0984. The number of para-hydroxylation sites is 1. The fourth-order valence-electron chi connectivity index (χ4n) is 3.01. The molecule has 3 aromatic carbocycles. The fourth-order valence-corrected chi connectivity index (χ4v) is 4.48. The molecule has 0 fully saturated rings. The van der Waals surface area contributed by atoms with E-state index < -0.39 is 5.91 Å². The molecule has 0 atom stereocenters. The number of ether oxygens (including phenoxy) is 2. The summed E-state index contributed by atoms with van der Waals surface area (Å²) >= 11 is 4.78. The van der Waals surface area contributed by atoms with Crippen LogP contribution in [0, 0.1) is 5.82 Å². The number of nitrogens with zero attached hydrogens (tertiary/aromatic N) is 3. The number of amides is 1. The third-order valence-electron chi connectivity index (χ3n) is 4.54. The zero-order chi connectivity index (χ0) is 22.7. The molecule has 1 amide bonds. The van der Waals surface area contributed by atoms with Gasteiger partial charge in [-0.25, -0.2) is 9.37 Å². The van der Waals surface area contributed by atoms with E-state index in [-0.39, 0.29) is 11.4 Å². The lowest BCUT2D eigenvalue weighted by Crippen LogP contribution is -2.26. The number of hydrogen-bond acceptors (Lipinski definition) is 6. The van der Waals surface area contributed by atoms with Crippen LogP contribution in [0.2, 0.25) is 0 Å². The number of hydrogen-bond donors (Lipinski definition) is 0. The average molecular weight is 514 g/mol. The monoisotopic (exact) mass is 513 g/mol. The van der Waals surface area contributed by atoms with E-state index in [0.29, 0.717) is 22.2 Å². The molecule has 0 aliphatic carbocycles. The molecule has 0 aliphatic rings. The second-order valence-electron chi connectivity index (χ2n) is 6.56. The van der Waals surface area contributed by atoms with Gasteiger partial charge in [0.1, 0.15) is 5.82 Å². The Balaban J connectivity index is 1.81. The lowest BCUT2D eigenvalue weighted by atomic mass is 10.1. The van der Waals surface area contributed by atoms with Crippen LogP contribution in [0.25, 0.3) is 10.2 Å². The first-order valence-corrected chi connectivity index (χ1v) is 11.0. The summed E-state index contributed by atoms with van der Waals surface area (Å²) in [6.45, 7) is 0. The van der Waals surface area contributed by atoms with Gasteiger partial charge >= 0.3 is 0 Å². The van der Waals surface area contributed by atoms with Crippen LogP contribution in [-0.4, -0.2) is 31.3 Å². The van der Waals surface area contributed by atoms with Gasteiger partial charge in [0, 0.05) is 4.47 Å². The summed E-state index contributed by atoms with van der Waals surface area (Å²) in [5.74, 6) is -0.0786. The minimum Gasteiger partial charge on any atom is -0.493 e.